The Bertz CT molecular complexity index is 504. The molecule has 1 saturated carbocycles. The summed E-state index contributed by atoms with van der Waals surface area (Å²) in [4.78, 5) is 12.6. The summed E-state index contributed by atoms with van der Waals surface area (Å²) in [6.07, 6.45) is 4.48. The molecule has 0 radical (unpaired) electrons. The summed E-state index contributed by atoms with van der Waals surface area (Å²) in [7, 11) is 0. The number of carbonyl (C=O) groups excluding carboxylic acids is 1. The molecule has 0 bridgehead atoms. The highest BCUT2D eigenvalue weighted by atomic mass is 79.9. The number of hydrogen-bond acceptors (Lipinski definition) is 2. The van der Waals surface area contributed by atoms with Gasteiger partial charge in [0.25, 0.3) is 0 Å². The molecule has 1 aromatic rings. The average Bonchev–Trinajstić information content (AvgIpc) is 2.87. The first-order chi connectivity index (χ1) is 10.1. The summed E-state index contributed by atoms with van der Waals surface area (Å²) in [6, 6.07) is 8.43. The van der Waals surface area contributed by atoms with Gasteiger partial charge in [-0.15, -0.1) is 0 Å². The van der Waals surface area contributed by atoms with E-state index in [2.05, 4.69) is 57.8 Å². The van der Waals surface area contributed by atoms with E-state index in [1.54, 1.807) is 0 Å². The minimum Gasteiger partial charge on any atom is -0.346 e. The molecule has 2 N–H and O–H groups in total. The van der Waals surface area contributed by atoms with E-state index in [4.69, 9.17) is 0 Å². The van der Waals surface area contributed by atoms with Gasteiger partial charge in [0.05, 0.1) is 5.54 Å². The molecule has 2 fully saturated rings. The monoisotopic (exact) mass is 350 g/mol. The first-order valence-electron chi connectivity index (χ1n) is 7.89. The van der Waals surface area contributed by atoms with Crippen molar-refractivity contribution in [3.05, 3.63) is 34.3 Å². The topological polar surface area (TPSA) is 41.1 Å². The maximum Gasteiger partial charge on any atom is 0.223 e. The lowest BCUT2D eigenvalue weighted by molar-refractivity contribution is -0.128. The summed E-state index contributed by atoms with van der Waals surface area (Å²) in [5.41, 5.74) is 1.10. The zero-order chi connectivity index (χ0) is 14.9. The molecule has 3 nitrogen and oxygen atoms in total. The average molecular weight is 351 g/mol. The second-order valence-electron chi connectivity index (χ2n) is 6.49. The number of hydrogen-bond donors (Lipinski definition) is 2. The van der Waals surface area contributed by atoms with Gasteiger partial charge < -0.3 is 10.6 Å². The summed E-state index contributed by atoms with van der Waals surface area (Å²) in [6.45, 7) is 4.00. The number of rotatable bonds is 4. The Balaban J connectivity index is 1.77. The van der Waals surface area contributed by atoms with E-state index in [1.807, 2.05) is 0 Å². The molecule has 4 heteroatoms. The van der Waals surface area contributed by atoms with Gasteiger partial charge in [0.1, 0.15) is 0 Å². The molecule has 1 aliphatic heterocycles. The van der Waals surface area contributed by atoms with Gasteiger partial charge >= 0.3 is 0 Å². The van der Waals surface area contributed by atoms with E-state index in [9.17, 15) is 4.79 Å². The van der Waals surface area contributed by atoms with Gasteiger partial charge in [-0.25, -0.2) is 0 Å². The van der Waals surface area contributed by atoms with Crippen LogP contribution >= 0.6 is 15.9 Å². The fourth-order valence-corrected chi connectivity index (χ4v) is 3.73. The van der Waals surface area contributed by atoms with Crippen LogP contribution in [-0.2, 0) is 10.3 Å². The van der Waals surface area contributed by atoms with Gasteiger partial charge in [-0.2, -0.15) is 0 Å². The largest absolute Gasteiger partial charge is 0.346 e. The summed E-state index contributed by atoms with van der Waals surface area (Å²) < 4.78 is 1.08. The number of carbonyl (C=O) groups is 1. The third-order valence-electron chi connectivity index (χ3n) is 5.15. The third kappa shape index (κ3) is 3.02. The van der Waals surface area contributed by atoms with Crippen LogP contribution in [0.1, 0.15) is 38.2 Å². The molecule has 2 aliphatic rings. The zero-order valence-corrected chi connectivity index (χ0v) is 14.1. The minimum atomic E-state index is -0.150. The Hall–Kier alpha value is -0.870. The molecule has 1 amide bonds. The lowest BCUT2D eigenvalue weighted by Crippen LogP contribution is -2.53. The van der Waals surface area contributed by atoms with Crippen molar-refractivity contribution in [1.29, 1.82) is 0 Å². The van der Waals surface area contributed by atoms with Crippen molar-refractivity contribution in [3.63, 3.8) is 0 Å². The van der Waals surface area contributed by atoms with Crippen LogP contribution in [0.15, 0.2) is 28.7 Å². The number of halogens is 1. The van der Waals surface area contributed by atoms with Gasteiger partial charge in [-0.3, -0.25) is 4.79 Å². The van der Waals surface area contributed by atoms with E-state index in [0.29, 0.717) is 5.92 Å². The van der Waals surface area contributed by atoms with Crippen molar-refractivity contribution in [2.75, 3.05) is 13.1 Å². The molecule has 1 saturated heterocycles. The van der Waals surface area contributed by atoms with Crippen LogP contribution in [0.25, 0.3) is 0 Å². The molecular weight excluding hydrogens is 328 g/mol. The maximum atomic E-state index is 12.6. The highest BCUT2D eigenvalue weighted by Gasteiger charge is 2.39. The van der Waals surface area contributed by atoms with Gasteiger partial charge in [-0.1, -0.05) is 47.8 Å². The summed E-state index contributed by atoms with van der Waals surface area (Å²) in [5, 5.41) is 6.65. The Kier molecular flexibility index (Phi) is 4.36. The summed E-state index contributed by atoms with van der Waals surface area (Å²) in [5.74, 6) is 0.805. The molecular formula is C17H23BrN2O. The van der Waals surface area contributed by atoms with Crippen LogP contribution in [0.5, 0.6) is 0 Å². The fraction of sp³-hybridized carbons (Fsp3) is 0.588. The molecule has 3 rings (SSSR count). The number of amides is 1. The number of nitrogens with one attached hydrogen (secondary N) is 2. The quantitative estimate of drug-likeness (QED) is 0.875. The van der Waals surface area contributed by atoms with Crippen LogP contribution in [0, 0.1) is 11.8 Å². The van der Waals surface area contributed by atoms with Gasteiger partial charge in [-0.05, 0) is 49.5 Å². The SMILES string of the molecule is CC(C(=O)NC1(c2ccc(Br)cc2)CCCC1)C1CNC1. The minimum absolute atomic E-state index is 0.0965. The van der Waals surface area contributed by atoms with Crippen LogP contribution in [-0.4, -0.2) is 19.0 Å². The lowest BCUT2D eigenvalue weighted by Gasteiger charge is -2.36. The Morgan fingerprint density at radius 3 is 2.43 bits per heavy atom. The highest BCUT2D eigenvalue weighted by Crippen LogP contribution is 2.39. The molecule has 0 aromatic heterocycles. The van der Waals surface area contributed by atoms with Crippen LogP contribution in [0.4, 0.5) is 0 Å². The lowest BCUT2D eigenvalue weighted by atomic mass is 9.84. The molecule has 21 heavy (non-hydrogen) atoms. The zero-order valence-electron chi connectivity index (χ0n) is 12.5. The van der Waals surface area contributed by atoms with Gasteiger partial charge in [0.15, 0.2) is 0 Å². The summed E-state index contributed by atoms with van der Waals surface area (Å²) >= 11 is 3.49. The van der Waals surface area contributed by atoms with E-state index in [1.165, 1.54) is 18.4 Å². The molecule has 1 unspecified atom stereocenters. The third-order valence-corrected chi connectivity index (χ3v) is 5.68. The van der Waals surface area contributed by atoms with E-state index >= 15 is 0 Å². The first kappa shape index (κ1) is 15.0. The second-order valence-corrected chi connectivity index (χ2v) is 7.41. The fourth-order valence-electron chi connectivity index (χ4n) is 3.46. The molecule has 1 aliphatic carbocycles. The smallest absolute Gasteiger partial charge is 0.223 e. The van der Waals surface area contributed by atoms with Crippen molar-refractivity contribution in [1.82, 2.24) is 10.6 Å². The van der Waals surface area contributed by atoms with Crippen LogP contribution in [0.2, 0.25) is 0 Å². The van der Waals surface area contributed by atoms with Crippen molar-refractivity contribution >= 4 is 21.8 Å². The number of benzene rings is 1. The Labute approximate surface area is 135 Å². The Morgan fingerprint density at radius 2 is 1.90 bits per heavy atom. The van der Waals surface area contributed by atoms with E-state index < -0.39 is 0 Å². The molecule has 1 atom stereocenters. The van der Waals surface area contributed by atoms with Crippen molar-refractivity contribution in [2.24, 2.45) is 11.8 Å². The molecule has 1 heterocycles. The van der Waals surface area contributed by atoms with E-state index in [-0.39, 0.29) is 17.4 Å². The van der Waals surface area contributed by atoms with E-state index in [0.717, 1.165) is 30.4 Å². The van der Waals surface area contributed by atoms with Crippen LogP contribution < -0.4 is 10.6 Å². The van der Waals surface area contributed by atoms with Gasteiger partial charge in [0.2, 0.25) is 5.91 Å². The predicted octanol–water partition coefficient (Wildman–Crippen LogP) is 3.19. The van der Waals surface area contributed by atoms with Crippen LogP contribution in [0.3, 0.4) is 0 Å². The second kappa shape index (κ2) is 6.09. The van der Waals surface area contributed by atoms with Crippen molar-refractivity contribution < 1.29 is 4.79 Å². The first-order valence-corrected chi connectivity index (χ1v) is 8.69. The van der Waals surface area contributed by atoms with Crippen molar-refractivity contribution in [3.8, 4) is 0 Å². The predicted molar refractivity (Wildman–Crippen MR) is 88.0 cm³/mol. The van der Waals surface area contributed by atoms with Crippen molar-refractivity contribution in [2.45, 2.75) is 38.1 Å². The molecule has 0 spiro atoms. The Morgan fingerprint density at radius 1 is 1.29 bits per heavy atom. The highest BCUT2D eigenvalue weighted by molar-refractivity contribution is 9.10. The normalized spacial score (nSPS) is 22.6. The standard InChI is InChI=1S/C17H23BrN2O/c1-12(13-10-19-11-13)16(21)20-17(8-2-3-9-17)14-4-6-15(18)7-5-14/h4-7,12-13,19H,2-3,8-11H2,1H3,(H,20,21). The molecule has 114 valence electrons. The maximum absolute atomic E-state index is 12.6. The van der Waals surface area contributed by atoms with Gasteiger partial charge in [0, 0.05) is 10.4 Å². The molecule has 1 aromatic carbocycles.